The SMILES string of the molecule is O=C(O)C1CCN(CC2CCCC3C2OC(=O)N3C2CCN(c3ccncc3)CC2)CC1. The average molecular weight is 443 g/mol. The summed E-state index contributed by atoms with van der Waals surface area (Å²) in [6.45, 7) is 4.46. The first kappa shape index (κ1) is 21.5. The van der Waals surface area contributed by atoms with E-state index in [9.17, 15) is 14.7 Å². The number of nitrogens with zero attached hydrogens (tertiary/aromatic N) is 4. The van der Waals surface area contributed by atoms with Crippen molar-refractivity contribution in [1.29, 1.82) is 0 Å². The van der Waals surface area contributed by atoms with Crippen LogP contribution in [0.15, 0.2) is 24.5 Å². The number of carboxylic acid groups (broad SMARTS) is 1. The molecule has 0 radical (unpaired) electrons. The molecule has 4 fully saturated rings. The van der Waals surface area contributed by atoms with Crippen LogP contribution in [0.1, 0.15) is 44.9 Å². The van der Waals surface area contributed by atoms with Gasteiger partial charge in [0.25, 0.3) is 0 Å². The van der Waals surface area contributed by atoms with E-state index in [-0.39, 0.29) is 30.2 Å². The second kappa shape index (κ2) is 9.25. The highest BCUT2D eigenvalue weighted by Gasteiger charge is 2.50. The molecule has 8 heteroatoms. The van der Waals surface area contributed by atoms with Gasteiger partial charge in [0.2, 0.25) is 0 Å². The van der Waals surface area contributed by atoms with Crippen molar-refractivity contribution in [1.82, 2.24) is 14.8 Å². The number of rotatable bonds is 5. The van der Waals surface area contributed by atoms with Crippen LogP contribution in [0, 0.1) is 11.8 Å². The van der Waals surface area contributed by atoms with Crippen molar-refractivity contribution in [2.75, 3.05) is 37.6 Å². The highest BCUT2D eigenvalue weighted by molar-refractivity contribution is 5.71. The van der Waals surface area contributed by atoms with Gasteiger partial charge >= 0.3 is 12.1 Å². The maximum Gasteiger partial charge on any atom is 0.410 e. The van der Waals surface area contributed by atoms with Crippen LogP contribution < -0.4 is 4.90 Å². The number of ether oxygens (including phenoxy) is 1. The minimum absolute atomic E-state index is 0.0216. The largest absolute Gasteiger partial charge is 0.481 e. The molecule has 0 aromatic carbocycles. The number of piperidine rings is 2. The summed E-state index contributed by atoms with van der Waals surface area (Å²) in [6.07, 6.45) is 10.1. The number of hydrogen-bond acceptors (Lipinski definition) is 6. The van der Waals surface area contributed by atoms with Crippen LogP contribution in [0.5, 0.6) is 0 Å². The molecular formula is C24H34N4O4. The van der Waals surface area contributed by atoms with Crippen molar-refractivity contribution in [3.63, 3.8) is 0 Å². The number of hydrogen-bond donors (Lipinski definition) is 1. The summed E-state index contributed by atoms with van der Waals surface area (Å²) in [5.41, 5.74) is 1.20. The Labute approximate surface area is 189 Å². The summed E-state index contributed by atoms with van der Waals surface area (Å²) in [6, 6.07) is 4.53. The van der Waals surface area contributed by atoms with Gasteiger partial charge in [0.15, 0.2) is 0 Å². The van der Waals surface area contributed by atoms with Gasteiger partial charge in [-0.3, -0.25) is 14.7 Å². The van der Waals surface area contributed by atoms with Gasteiger partial charge in [0.05, 0.1) is 12.0 Å². The molecule has 3 atom stereocenters. The molecule has 32 heavy (non-hydrogen) atoms. The summed E-state index contributed by atoms with van der Waals surface area (Å²) < 4.78 is 6.00. The third-order valence-corrected chi connectivity index (χ3v) is 8.04. The smallest absolute Gasteiger partial charge is 0.410 e. The van der Waals surface area contributed by atoms with E-state index in [1.54, 1.807) is 0 Å². The van der Waals surface area contributed by atoms with E-state index < -0.39 is 5.97 Å². The number of pyridine rings is 1. The van der Waals surface area contributed by atoms with E-state index in [4.69, 9.17) is 4.74 Å². The molecule has 8 nitrogen and oxygen atoms in total. The minimum atomic E-state index is -0.669. The Kier molecular flexibility index (Phi) is 6.22. The monoisotopic (exact) mass is 442 g/mol. The van der Waals surface area contributed by atoms with Crippen molar-refractivity contribution >= 4 is 17.7 Å². The van der Waals surface area contributed by atoms with E-state index in [0.717, 1.165) is 77.7 Å². The van der Waals surface area contributed by atoms with Gasteiger partial charge in [-0.2, -0.15) is 0 Å². The maximum atomic E-state index is 13.0. The summed E-state index contributed by atoms with van der Waals surface area (Å²) >= 11 is 0. The molecule has 1 aromatic heterocycles. The summed E-state index contributed by atoms with van der Waals surface area (Å²) in [5.74, 6) is -0.526. The predicted octanol–water partition coefficient (Wildman–Crippen LogP) is 2.84. The van der Waals surface area contributed by atoms with E-state index in [0.29, 0.717) is 5.92 Å². The molecule has 174 valence electrons. The Morgan fingerprint density at radius 3 is 2.44 bits per heavy atom. The van der Waals surface area contributed by atoms with Crippen molar-refractivity contribution < 1.29 is 19.4 Å². The van der Waals surface area contributed by atoms with Gasteiger partial charge in [-0.25, -0.2) is 4.79 Å². The lowest BCUT2D eigenvalue weighted by atomic mass is 9.81. The highest BCUT2D eigenvalue weighted by Crippen LogP contribution is 2.39. The van der Waals surface area contributed by atoms with Crippen LogP contribution in [0.2, 0.25) is 0 Å². The van der Waals surface area contributed by atoms with Crippen LogP contribution in [0.4, 0.5) is 10.5 Å². The van der Waals surface area contributed by atoms with E-state index >= 15 is 0 Å². The predicted molar refractivity (Wildman–Crippen MR) is 120 cm³/mol. The number of carboxylic acids is 1. The van der Waals surface area contributed by atoms with Crippen LogP contribution in [0.25, 0.3) is 0 Å². The molecule has 0 bridgehead atoms. The zero-order valence-electron chi connectivity index (χ0n) is 18.6. The average Bonchev–Trinajstić information content (AvgIpc) is 3.17. The Balaban J connectivity index is 1.18. The number of likely N-dealkylation sites (tertiary alicyclic amines) is 1. The number of carbonyl (C=O) groups is 2. The van der Waals surface area contributed by atoms with E-state index in [2.05, 4.69) is 19.7 Å². The number of aliphatic carboxylic acids is 1. The molecule has 1 amide bonds. The van der Waals surface area contributed by atoms with Crippen molar-refractivity contribution in [2.24, 2.45) is 11.8 Å². The number of aromatic nitrogens is 1. The molecule has 1 aliphatic carbocycles. The Bertz CT molecular complexity index is 805. The van der Waals surface area contributed by atoms with Gasteiger partial charge in [-0.1, -0.05) is 6.42 Å². The van der Waals surface area contributed by atoms with Gasteiger partial charge in [-0.15, -0.1) is 0 Å². The van der Waals surface area contributed by atoms with Crippen molar-refractivity contribution in [2.45, 2.75) is 63.1 Å². The van der Waals surface area contributed by atoms with Crippen molar-refractivity contribution in [3.05, 3.63) is 24.5 Å². The van der Waals surface area contributed by atoms with Gasteiger partial charge in [0.1, 0.15) is 6.10 Å². The quantitative estimate of drug-likeness (QED) is 0.750. The Morgan fingerprint density at radius 1 is 1.03 bits per heavy atom. The zero-order chi connectivity index (χ0) is 22.1. The standard InChI is InChI=1S/C24H34N4O4/c29-23(30)17-6-12-26(13-7-17)16-18-2-1-3-21-22(18)32-24(31)28(21)20-8-14-27(15-9-20)19-4-10-25-11-5-19/h4-5,10-11,17-18,20-22H,1-3,6-9,12-16H2,(H,29,30). The Morgan fingerprint density at radius 2 is 1.75 bits per heavy atom. The maximum absolute atomic E-state index is 13.0. The lowest BCUT2D eigenvalue weighted by molar-refractivity contribution is -0.143. The third kappa shape index (κ3) is 4.29. The lowest BCUT2D eigenvalue weighted by Crippen LogP contribution is -2.52. The van der Waals surface area contributed by atoms with Crippen LogP contribution in [-0.4, -0.2) is 82.9 Å². The highest BCUT2D eigenvalue weighted by atomic mass is 16.6. The topological polar surface area (TPSA) is 86.2 Å². The number of fused-ring (bicyclic) bond motifs is 1. The number of anilines is 1. The first-order valence-electron chi connectivity index (χ1n) is 12.2. The van der Waals surface area contributed by atoms with Crippen molar-refractivity contribution in [3.8, 4) is 0 Å². The Hall–Kier alpha value is -2.35. The van der Waals surface area contributed by atoms with Crippen LogP contribution in [0.3, 0.4) is 0 Å². The number of amides is 1. The molecule has 1 saturated carbocycles. The molecule has 4 aliphatic rings. The zero-order valence-corrected chi connectivity index (χ0v) is 18.6. The minimum Gasteiger partial charge on any atom is -0.481 e. The van der Waals surface area contributed by atoms with Crippen LogP contribution in [-0.2, 0) is 9.53 Å². The van der Waals surface area contributed by atoms with Crippen LogP contribution >= 0.6 is 0 Å². The summed E-state index contributed by atoms with van der Waals surface area (Å²) in [5, 5.41) is 9.25. The third-order valence-electron chi connectivity index (χ3n) is 8.04. The molecule has 1 N–H and O–H groups in total. The normalized spacial score (nSPS) is 30.2. The molecule has 0 spiro atoms. The molecule has 5 rings (SSSR count). The first-order chi connectivity index (χ1) is 15.6. The number of carbonyl (C=O) groups excluding carboxylic acids is 1. The molecular weight excluding hydrogens is 408 g/mol. The molecule has 3 aliphatic heterocycles. The van der Waals surface area contributed by atoms with Gasteiger partial charge < -0.3 is 19.6 Å². The second-order valence-corrected chi connectivity index (χ2v) is 9.85. The molecule has 3 saturated heterocycles. The lowest BCUT2D eigenvalue weighted by Gasteiger charge is -2.42. The van der Waals surface area contributed by atoms with E-state index in [1.807, 2.05) is 24.5 Å². The first-order valence-corrected chi connectivity index (χ1v) is 12.2. The molecule has 4 heterocycles. The molecule has 1 aromatic rings. The second-order valence-electron chi connectivity index (χ2n) is 9.85. The fourth-order valence-electron chi connectivity index (χ4n) is 6.28. The molecule has 3 unspecified atom stereocenters. The van der Waals surface area contributed by atoms with Gasteiger partial charge in [0, 0.05) is 49.7 Å². The van der Waals surface area contributed by atoms with E-state index in [1.165, 1.54) is 5.69 Å². The fourth-order valence-corrected chi connectivity index (χ4v) is 6.28. The summed E-state index contributed by atoms with van der Waals surface area (Å²) in [7, 11) is 0. The summed E-state index contributed by atoms with van der Waals surface area (Å²) in [4.78, 5) is 35.1. The van der Waals surface area contributed by atoms with Gasteiger partial charge in [-0.05, 0) is 63.7 Å². The fraction of sp³-hybridized carbons (Fsp3) is 0.708.